The van der Waals surface area contributed by atoms with Crippen LogP contribution in [0, 0.1) is 0 Å². The van der Waals surface area contributed by atoms with Crippen molar-refractivity contribution in [1.82, 2.24) is 37.2 Å². The second-order valence-electron chi connectivity index (χ2n) is 16.1. The van der Waals surface area contributed by atoms with Gasteiger partial charge in [0.25, 0.3) is 0 Å². The lowest BCUT2D eigenvalue weighted by Crippen LogP contribution is -2.65. The molecule has 352 valence electrons. The summed E-state index contributed by atoms with van der Waals surface area (Å²) < 4.78 is 11.4. The fourth-order valence-electron chi connectivity index (χ4n) is 7.84. The van der Waals surface area contributed by atoms with Gasteiger partial charge in [0.2, 0.25) is 23.6 Å². The van der Waals surface area contributed by atoms with E-state index >= 15 is 0 Å². The van der Waals surface area contributed by atoms with Crippen LogP contribution in [0.4, 0.5) is 4.79 Å². The number of benzene rings is 3. The zero-order valence-electron chi connectivity index (χ0n) is 36.2. The summed E-state index contributed by atoms with van der Waals surface area (Å²) in [7, 11) is 1.49. The molecule has 3 aromatic rings. The van der Waals surface area contributed by atoms with Crippen molar-refractivity contribution in [2.45, 2.75) is 80.0 Å². The minimum Gasteiger partial charge on any atom is -0.497 e. The maximum atomic E-state index is 12.9. The minimum atomic E-state index is -1.61. The third-order valence-corrected chi connectivity index (χ3v) is 13.0. The molecule has 3 aliphatic rings. The van der Waals surface area contributed by atoms with Crippen LogP contribution in [0.2, 0.25) is 0 Å². The number of methoxy groups -OCH3 is 1. The maximum absolute atomic E-state index is 12.9. The van der Waals surface area contributed by atoms with E-state index in [1.807, 2.05) is 6.07 Å². The average Bonchev–Trinajstić information content (AvgIpc) is 3.89. The summed E-state index contributed by atoms with van der Waals surface area (Å²) in [6, 6.07) is 21.0. The molecule has 3 saturated heterocycles. The number of ether oxygens (including phenoxy) is 2. The van der Waals surface area contributed by atoms with Gasteiger partial charge in [-0.05, 0) is 42.2 Å². The van der Waals surface area contributed by atoms with Gasteiger partial charge in [0.15, 0.2) is 5.78 Å². The number of carbonyl (C=O) groups excluding carboxylic acids is 6. The van der Waals surface area contributed by atoms with E-state index in [1.54, 1.807) is 84.6 Å². The molecule has 66 heavy (non-hydrogen) atoms. The van der Waals surface area contributed by atoms with Crippen LogP contribution in [0.5, 0.6) is 5.75 Å². The second-order valence-corrected chi connectivity index (χ2v) is 17.3. The topological polar surface area (TPSA) is 283 Å². The number of carbonyl (C=O) groups is 7. The largest absolute Gasteiger partial charge is 0.497 e. The zero-order valence-corrected chi connectivity index (χ0v) is 37.0. The van der Waals surface area contributed by atoms with Crippen molar-refractivity contribution in [1.29, 1.82) is 0 Å². The fraction of sp³-hybridized carbons (Fsp3) is 0.413. The number of fused-ring (bicyclic) bond motifs is 1. The monoisotopic (exact) mass is 929 g/mol. The van der Waals surface area contributed by atoms with Gasteiger partial charge in [-0.3, -0.25) is 24.0 Å². The van der Waals surface area contributed by atoms with E-state index < -0.39 is 67.2 Å². The number of hydrogen-bond acceptors (Lipinski definition) is 13. The van der Waals surface area contributed by atoms with Crippen molar-refractivity contribution in [2.75, 3.05) is 39.0 Å². The van der Waals surface area contributed by atoms with Gasteiger partial charge in [-0.15, -0.1) is 0 Å². The first-order valence-corrected chi connectivity index (χ1v) is 22.6. The van der Waals surface area contributed by atoms with Crippen molar-refractivity contribution < 1.29 is 58.4 Å². The van der Waals surface area contributed by atoms with Gasteiger partial charge in [-0.1, -0.05) is 73.2 Å². The number of carboxylic acids is 1. The molecule has 10 N–H and O–H groups in total. The van der Waals surface area contributed by atoms with Crippen LogP contribution in [0.15, 0.2) is 84.4 Å². The number of rotatable bonds is 22. The lowest BCUT2D eigenvalue weighted by molar-refractivity contribution is -0.176. The Bertz CT molecular complexity index is 2230. The third-order valence-electron chi connectivity index (χ3n) is 11.5. The Kier molecular flexibility index (Phi) is 17.7. The predicted molar refractivity (Wildman–Crippen MR) is 242 cm³/mol. The number of aliphatic carboxylic acids is 1. The zero-order chi connectivity index (χ0) is 47.2. The summed E-state index contributed by atoms with van der Waals surface area (Å²) in [6.45, 7) is -1.64. The summed E-state index contributed by atoms with van der Waals surface area (Å²) in [5, 5.41) is 52.2. The van der Waals surface area contributed by atoms with Crippen molar-refractivity contribution in [2.24, 2.45) is 0 Å². The van der Waals surface area contributed by atoms with Crippen molar-refractivity contribution in [3.8, 4) is 5.75 Å². The molecule has 3 heterocycles. The number of thioether (sulfide) groups is 1. The van der Waals surface area contributed by atoms with E-state index in [4.69, 9.17) is 9.47 Å². The first kappa shape index (κ1) is 49.1. The molecule has 3 aliphatic heterocycles. The maximum Gasteiger partial charge on any atom is 0.334 e. The quantitative estimate of drug-likeness (QED) is 0.0280. The molecule has 19 nitrogen and oxygen atoms in total. The number of urea groups is 1. The number of nitrogens with one attached hydrogen (secondary N) is 7. The van der Waals surface area contributed by atoms with E-state index in [0.717, 1.165) is 18.6 Å². The Balaban J connectivity index is 0.965. The molecule has 0 bridgehead atoms. The Morgan fingerprint density at radius 2 is 1.42 bits per heavy atom. The molecule has 0 radical (unpaired) electrons. The molecular weight excluding hydrogens is 875 g/mol. The number of ketones is 1. The summed E-state index contributed by atoms with van der Waals surface area (Å²) in [5.41, 5.74) is 1.90. The number of hydrogen-bond donors (Lipinski definition) is 10. The second kappa shape index (κ2) is 23.7. The summed E-state index contributed by atoms with van der Waals surface area (Å²) in [4.78, 5) is 87.1. The molecule has 0 aromatic heterocycles. The van der Waals surface area contributed by atoms with Gasteiger partial charge in [0, 0.05) is 41.6 Å². The molecule has 0 aliphatic carbocycles. The van der Waals surface area contributed by atoms with Gasteiger partial charge < -0.3 is 62.0 Å². The SMILES string of the molecule is COc1ccc(/C=C(/C(=O)O)[C@@H]2O[C@H](CNC(=O)CNC(=O)CNC(=O)CNC(=O)CCCC[C@@H]3SC[C@@H]4NC(=O)N[C@@H]43)[C@H](O)[C@H](O)[C@H]2NCc2ccc(C(=O)c3ccccc3)cc2)cc1. The van der Waals surface area contributed by atoms with Crippen LogP contribution >= 0.6 is 11.8 Å². The highest BCUT2D eigenvalue weighted by Gasteiger charge is 2.47. The summed E-state index contributed by atoms with van der Waals surface area (Å²) in [6.07, 6.45) is -2.02. The average molecular weight is 930 g/mol. The van der Waals surface area contributed by atoms with Crippen molar-refractivity contribution in [3.63, 3.8) is 0 Å². The molecule has 3 aromatic carbocycles. The number of unbranched alkanes of at least 4 members (excludes halogenated alkanes) is 1. The molecule has 6 rings (SSSR count). The van der Waals surface area contributed by atoms with E-state index in [-0.39, 0.29) is 66.7 Å². The van der Waals surface area contributed by atoms with Crippen LogP contribution in [0.25, 0.3) is 6.08 Å². The van der Waals surface area contributed by atoms with E-state index in [2.05, 4.69) is 37.2 Å². The number of aliphatic hydroxyl groups is 2. The Morgan fingerprint density at radius 3 is 2.08 bits per heavy atom. The van der Waals surface area contributed by atoms with Crippen LogP contribution in [0.1, 0.15) is 52.7 Å². The van der Waals surface area contributed by atoms with Crippen molar-refractivity contribution in [3.05, 3.63) is 107 Å². The van der Waals surface area contributed by atoms with E-state index in [1.165, 1.54) is 13.2 Å². The predicted octanol–water partition coefficient (Wildman–Crippen LogP) is 0.232. The minimum absolute atomic E-state index is 0.0864. The summed E-state index contributed by atoms with van der Waals surface area (Å²) in [5.74, 6) is -2.46. The van der Waals surface area contributed by atoms with Crippen LogP contribution in [-0.2, 0) is 35.3 Å². The first-order chi connectivity index (χ1) is 31.8. The Labute approximate surface area is 385 Å². The molecule has 3 fully saturated rings. The van der Waals surface area contributed by atoms with E-state index in [9.17, 15) is 48.9 Å². The van der Waals surface area contributed by atoms with Gasteiger partial charge in [-0.2, -0.15) is 11.8 Å². The summed E-state index contributed by atoms with van der Waals surface area (Å²) >= 11 is 1.80. The molecule has 6 amide bonds. The lowest BCUT2D eigenvalue weighted by Gasteiger charge is -2.43. The number of aliphatic hydroxyl groups excluding tert-OH is 2. The normalized spacial score (nSPS) is 23.4. The third kappa shape index (κ3) is 13.6. The molecule has 8 atom stereocenters. The highest BCUT2D eigenvalue weighted by atomic mass is 32.2. The van der Waals surface area contributed by atoms with Gasteiger partial charge >= 0.3 is 12.0 Å². The standard InChI is InChI=1S/C46H55N7O12S/c1-64-30-17-13-26(14-18-30)19-31(45(61)62)44-40(51-20-27-11-15-29(16-12-27)41(58)28-7-3-2-4-8-28)43(60)42(59)33(65-44)21-47-36(55)23-49-38(57)24-50-37(56)22-48-35(54)10-6-5-9-34-39-32(25-66-34)52-46(63)53-39/h2-4,7-8,11-19,32-34,39-40,42-44,51,59-60H,5-6,9-10,20-25H2,1H3,(H,47,55)(H,48,54)(H,49,57)(H,50,56)(H,61,62)(H2,52,53,63)/b31-19+/t32-,33+,34-,39-,40+,42-,43+,44-/m0/s1. The highest BCUT2D eigenvalue weighted by molar-refractivity contribution is 8.00. The van der Waals surface area contributed by atoms with Crippen LogP contribution < -0.4 is 42.0 Å². The number of carboxylic acid groups (broad SMARTS) is 1. The van der Waals surface area contributed by atoms with Crippen LogP contribution in [0.3, 0.4) is 0 Å². The Hall–Kier alpha value is -6.32. The number of amides is 6. The van der Waals surface area contributed by atoms with Gasteiger partial charge in [0.05, 0.1) is 50.4 Å². The van der Waals surface area contributed by atoms with Gasteiger partial charge in [0.1, 0.15) is 30.2 Å². The smallest absolute Gasteiger partial charge is 0.334 e. The molecule has 0 spiro atoms. The first-order valence-electron chi connectivity index (χ1n) is 21.6. The molecular formula is C46H55N7O12S. The van der Waals surface area contributed by atoms with E-state index in [0.29, 0.717) is 34.4 Å². The molecule has 20 heteroatoms. The fourth-order valence-corrected chi connectivity index (χ4v) is 9.38. The molecule has 0 unspecified atom stereocenters. The Morgan fingerprint density at radius 1 is 0.788 bits per heavy atom. The highest BCUT2D eigenvalue weighted by Crippen LogP contribution is 2.33. The lowest BCUT2D eigenvalue weighted by atomic mass is 9.87. The van der Waals surface area contributed by atoms with Crippen molar-refractivity contribution >= 4 is 59.3 Å². The van der Waals surface area contributed by atoms with Gasteiger partial charge in [-0.25, -0.2) is 9.59 Å². The molecule has 0 saturated carbocycles. The van der Waals surface area contributed by atoms with Crippen LogP contribution in [-0.4, -0.2) is 144 Å².